The number of aliphatic carboxylic acids is 1. The molecule has 0 saturated carbocycles. The summed E-state index contributed by atoms with van der Waals surface area (Å²) in [6.07, 6.45) is 0. The fourth-order valence-corrected chi connectivity index (χ4v) is 1.44. The van der Waals surface area contributed by atoms with Crippen molar-refractivity contribution in [3.63, 3.8) is 0 Å². The summed E-state index contributed by atoms with van der Waals surface area (Å²) < 4.78 is 0. The van der Waals surface area contributed by atoms with Crippen LogP contribution in [0, 0.1) is 0 Å². The third-order valence-electron chi connectivity index (χ3n) is 1.21. The van der Waals surface area contributed by atoms with Crippen LogP contribution >= 0.6 is 11.8 Å². The predicted molar refractivity (Wildman–Crippen MR) is 45.3 cm³/mol. The first-order chi connectivity index (χ1) is 5.29. The van der Waals surface area contributed by atoms with Crippen molar-refractivity contribution in [2.75, 3.05) is 24.6 Å². The van der Waals surface area contributed by atoms with Crippen molar-refractivity contribution >= 4 is 23.6 Å². The second kappa shape index (κ2) is 4.23. The number of rotatable bonds is 4. The van der Waals surface area contributed by atoms with E-state index in [4.69, 9.17) is 5.11 Å². The number of nitrogens with zero attached hydrogens (tertiary/aromatic N) is 1. The molecular formula is C6H10N2O2S. The van der Waals surface area contributed by atoms with Gasteiger partial charge in [-0.25, -0.2) is 0 Å². The molecule has 0 amide bonds. The van der Waals surface area contributed by atoms with Gasteiger partial charge < -0.3 is 10.4 Å². The van der Waals surface area contributed by atoms with Crippen molar-refractivity contribution in [1.29, 1.82) is 0 Å². The summed E-state index contributed by atoms with van der Waals surface area (Å²) in [5.41, 5.74) is 0. The van der Waals surface area contributed by atoms with Crippen molar-refractivity contribution in [2.45, 2.75) is 0 Å². The molecule has 0 radical (unpaired) electrons. The number of nitrogens with one attached hydrogen (secondary N) is 1. The molecule has 1 rings (SSSR count). The third kappa shape index (κ3) is 3.27. The van der Waals surface area contributed by atoms with Gasteiger partial charge in [-0.3, -0.25) is 9.79 Å². The summed E-state index contributed by atoms with van der Waals surface area (Å²) in [6.45, 7) is 1.71. The summed E-state index contributed by atoms with van der Waals surface area (Å²) in [5.74, 6) is 0.998. The standard InChI is InChI=1S/C6H10N2O2S/c9-6(10)4-11-3-5-7-1-2-8-5/h1-4H2,(H,7,8)(H,9,10). The van der Waals surface area contributed by atoms with Crippen molar-refractivity contribution in [3.8, 4) is 0 Å². The maximum Gasteiger partial charge on any atom is 0.313 e. The van der Waals surface area contributed by atoms with Gasteiger partial charge in [0.25, 0.3) is 0 Å². The van der Waals surface area contributed by atoms with E-state index in [1.807, 2.05) is 0 Å². The van der Waals surface area contributed by atoms with Crippen molar-refractivity contribution < 1.29 is 9.90 Å². The number of hydrogen-bond donors (Lipinski definition) is 2. The van der Waals surface area contributed by atoms with E-state index >= 15 is 0 Å². The lowest BCUT2D eigenvalue weighted by Crippen LogP contribution is -2.21. The summed E-state index contributed by atoms with van der Waals surface area (Å²) in [6, 6.07) is 0. The first kappa shape index (κ1) is 8.39. The Labute approximate surface area is 69.1 Å². The van der Waals surface area contributed by atoms with Crippen molar-refractivity contribution in [2.24, 2.45) is 4.99 Å². The molecule has 5 heteroatoms. The molecule has 1 aliphatic heterocycles. The highest BCUT2D eigenvalue weighted by atomic mass is 32.2. The fourth-order valence-electron chi connectivity index (χ4n) is 0.779. The summed E-state index contributed by atoms with van der Waals surface area (Å²) in [5, 5.41) is 11.4. The second-order valence-electron chi connectivity index (χ2n) is 2.14. The first-order valence-corrected chi connectivity index (χ1v) is 4.51. The number of carbonyl (C=O) groups is 1. The molecule has 0 atom stereocenters. The minimum absolute atomic E-state index is 0.153. The van der Waals surface area contributed by atoms with Crippen LogP contribution in [-0.2, 0) is 4.79 Å². The smallest absolute Gasteiger partial charge is 0.313 e. The van der Waals surface area contributed by atoms with Crippen LogP contribution in [0.5, 0.6) is 0 Å². The number of hydrogen-bond acceptors (Lipinski definition) is 4. The maximum atomic E-state index is 10.1. The molecule has 62 valence electrons. The molecule has 4 nitrogen and oxygen atoms in total. The van der Waals surface area contributed by atoms with E-state index < -0.39 is 5.97 Å². The van der Waals surface area contributed by atoms with Crippen LogP contribution in [0.2, 0.25) is 0 Å². The van der Waals surface area contributed by atoms with Crippen LogP contribution in [0.3, 0.4) is 0 Å². The maximum absolute atomic E-state index is 10.1. The van der Waals surface area contributed by atoms with Crippen LogP contribution in [0.1, 0.15) is 0 Å². The predicted octanol–water partition coefficient (Wildman–Crippen LogP) is -0.194. The minimum atomic E-state index is -0.770. The van der Waals surface area contributed by atoms with E-state index in [1.54, 1.807) is 0 Å². The molecule has 0 fully saturated rings. The molecular weight excluding hydrogens is 164 g/mol. The van der Waals surface area contributed by atoms with Gasteiger partial charge >= 0.3 is 5.97 Å². The SMILES string of the molecule is O=C(O)CSCC1=NCCN1. The zero-order chi connectivity index (χ0) is 8.10. The van der Waals surface area contributed by atoms with E-state index in [0.717, 1.165) is 18.9 Å². The number of carboxylic acid groups (broad SMARTS) is 1. The molecule has 0 bridgehead atoms. The summed E-state index contributed by atoms with van der Waals surface area (Å²) >= 11 is 1.37. The Morgan fingerprint density at radius 2 is 2.64 bits per heavy atom. The molecule has 0 aromatic carbocycles. The zero-order valence-corrected chi connectivity index (χ0v) is 6.86. The van der Waals surface area contributed by atoms with Crippen molar-refractivity contribution in [3.05, 3.63) is 0 Å². The fraction of sp³-hybridized carbons (Fsp3) is 0.667. The Morgan fingerprint density at radius 3 is 3.18 bits per heavy atom. The quantitative estimate of drug-likeness (QED) is 0.620. The number of amidine groups is 1. The Kier molecular flexibility index (Phi) is 3.22. The molecule has 0 unspecified atom stereocenters. The van der Waals surface area contributed by atoms with E-state index in [2.05, 4.69) is 10.3 Å². The topological polar surface area (TPSA) is 61.7 Å². The summed E-state index contributed by atoms with van der Waals surface area (Å²) in [4.78, 5) is 14.2. The molecule has 2 N–H and O–H groups in total. The monoisotopic (exact) mass is 174 g/mol. The van der Waals surface area contributed by atoms with Gasteiger partial charge in [0.1, 0.15) is 5.84 Å². The minimum Gasteiger partial charge on any atom is -0.481 e. The van der Waals surface area contributed by atoms with Gasteiger partial charge in [-0.2, -0.15) is 0 Å². The van der Waals surface area contributed by atoms with Gasteiger partial charge in [0.05, 0.1) is 18.1 Å². The molecule has 0 spiro atoms. The van der Waals surface area contributed by atoms with Crippen LogP contribution in [-0.4, -0.2) is 41.5 Å². The Morgan fingerprint density at radius 1 is 1.82 bits per heavy atom. The Hall–Kier alpha value is -0.710. The molecule has 1 aliphatic rings. The molecule has 1 heterocycles. The second-order valence-corrected chi connectivity index (χ2v) is 3.13. The molecule has 11 heavy (non-hydrogen) atoms. The van der Waals surface area contributed by atoms with Crippen LogP contribution in [0.25, 0.3) is 0 Å². The third-order valence-corrected chi connectivity index (χ3v) is 2.14. The van der Waals surface area contributed by atoms with E-state index in [-0.39, 0.29) is 5.75 Å². The van der Waals surface area contributed by atoms with Crippen LogP contribution in [0.4, 0.5) is 0 Å². The van der Waals surface area contributed by atoms with Gasteiger partial charge in [0.15, 0.2) is 0 Å². The van der Waals surface area contributed by atoms with Crippen LogP contribution < -0.4 is 5.32 Å². The number of carboxylic acids is 1. The van der Waals surface area contributed by atoms with Gasteiger partial charge in [-0.05, 0) is 0 Å². The largest absolute Gasteiger partial charge is 0.481 e. The van der Waals surface area contributed by atoms with Gasteiger partial charge in [0.2, 0.25) is 0 Å². The lowest BCUT2D eigenvalue weighted by molar-refractivity contribution is -0.133. The van der Waals surface area contributed by atoms with Gasteiger partial charge in [0, 0.05) is 6.54 Å². The van der Waals surface area contributed by atoms with Gasteiger partial charge in [-0.1, -0.05) is 0 Å². The number of aliphatic imine (C=N–C) groups is 1. The van der Waals surface area contributed by atoms with E-state index in [1.165, 1.54) is 11.8 Å². The Bertz CT molecular complexity index is 181. The van der Waals surface area contributed by atoms with Gasteiger partial charge in [-0.15, -0.1) is 11.8 Å². The highest BCUT2D eigenvalue weighted by Gasteiger charge is 2.05. The van der Waals surface area contributed by atoms with E-state index in [9.17, 15) is 4.79 Å². The molecule has 0 aromatic rings. The highest BCUT2D eigenvalue weighted by Crippen LogP contribution is 2.00. The molecule has 0 saturated heterocycles. The molecule has 0 aliphatic carbocycles. The normalized spacial score (nSPS) is 15.8. The number of thioether (sulfide) groups is 1. The first-order valence-electron chi connectivity index (χ1n) is 3.36. The Balaban J connectivity index is 2.07. The molecule has 0 aromatic heterocycles. The average molecular weight is 174 g/mol. The zero-order valence-electron chi connectivity index (χ0n) is 6.04. The highest BCUT2D eigenvalue weighted by molar-refractivity contribution is 8.00. The lowest BCUT2D eigenvalue weighted by atomic mass is 10.7. The van der Waals surface area contributed by atoms with Crippen LogP contribution in [0.15, 0.2) is 4.99 Å². The van der Waals surface area contributed by atoms with E-state index in [0.29, 0.717) is 5.75 Å². The average Bonchev–Trinajstić information content (AvgIpc) is 2.39. The lowest BCUT2D eigenvalue weighted by Gasteiger charge is -1.98. The summed E-state index contributed by atoms with van der Waals surface area (Å²) in [7, 11) is 0. The van der Waals surface area contributed by atoms with Crippen molar-refractivity contribution in [1.82, 2.24) is 5.32 Å².